The maximum atomic E-state index is 12.3. The summed E-state index contributed by atoms with van der Waals surface area (Å²) in [7, 11) is 0.991. The van der Waals surface area contributed by atoms with E-state index in [-0.39, 0.29) is 18.0 Å². The molecule has 0 aromatic heterocycles. The lowest BCUT2D eigenvalue weighted by molar-refractivity contribution is 0.0491. The normalized spacial score (nSPS) is 14.0. The Hall–Kier alpha value is -3.07. The van der Waals surface area contributed by atoms with Crippen LogP contribution in [0.15, 0.2) is 51.8 Å². The van der Waals surface area contributed by atoms with Crippen LogP contribution in [-0.4, -0.2) is 59.5 Å². The van der Waals surface area contributed by atoms with Gasteiger partial charge in [-0.1, -0.05) is 12.1 Å². The number of benzene rings is 2. The zero-order chi connectivity index (χ0) is 20.3. The first-order chi connectivity index (χ1) is 13.4. The molecule has 0 unspecified atom stereocenters. The van der Waals surface area contributed by atoms with E-state index in [1.54, 1.807) is 48.3 Å². The van der Waals surface area contributed by atoms with Crippen molar-refractivity contribution in [1.82, 2.24) is 4.90 Å². The molecule has 2 aromatic carbocycles. The second kappa shape index (κ2) is 7.89. The minimum Gasteiger partial charge on any atom is -0.497 e. The predicted octanol–water partition coefficient (Wildman–Crippen LogP) is 1.94. The highest BCUT2D eigenvalue weighted by Gasteiger charge is 2.30. The minimum absolute atomic E-state index is 0.0517. The van der Waals surface area contributed by atoms with Gasteiger partial charge in [0.15, 0.2) is 5.84 Å². The first-order valence-electron chi connectivity index (χ1n) is 8.41. The summed E-state index contributed by atoms with van der Waals surface area (Å²) < 4.78 is 43.7. The van der Waals surface area contributed by atoms with Crippen LogP contribution in [0.4, 0.5) is 0 Å². The summed E-state index contributed by atoms with van der Waals surface area (Å²) in [5, 5.41) is 0. The molecule has 148 valence electrons. The Morgan fingerprint density at radius 2 is 1.71 bits per heavy atom. The Kier molecular flexibility index (Phi) is 5.55. The van der Waals surface area contributed by atoms with Gasteiger partial charge in [0.05, 0.1) is 26.3 Å². The van der Waals surface area contributed by atoms with Crippen molar-refractivity contribution < 1.29 is 27.4 Å². The predicted molar refractivity (Wildman–Crippen MR) is 103 cm³/mol. The number of hydrogen-bond acceptors (Lipinski definition) is 7. The molecule has 1 aliphatic heterocycles. The topological polar surface area (TPSA) is 94.5 Å². The zero-order valence-electron chi connectivity index (χ0n) is 15.7. The van der Waals surface area contributed by atoms with Gasteiger partial charge in [-0.15, -0.1) is 4.40 Å². The first-order valence-corrected chi connectivity index (χ1v) is 9.85. The smallest absolute Gasteiger partial charge is 0.338 e. The SMILES string of the molecule is COc1cc(OC)cc(C(=O)OCCN(C)C2=NS(=O)(=O)c3ccccc32)c1. The number of sulfonamides is 1. The summed E-state index contributed by atoms with van der Waals surface area (Å²) in [5.74, 6) is 0.748. The number of likely N-dealkylation sites (N-methyl/N-ethyl adjacent to an activating group) is 1. The van der Waals surface area contributed by atoms with Crippen molar-refractivity contribution in [3.05, 3.63) is 53.6 Å². The van der Waals surface area contributed by atoms with E-state index in [0.29, 0.717) is 28.5 Å². The zero-order valence-corrected chi connectivity index (χ0v) is 16.5. The third kappa shape index (κ3) is 3.94. The average Bonchev–Trinajstić information content (AvgIpc) is 2.98. The molecule has 3 rings (SSSR count). The van der Waals surface area contributed by atoms with Crippen molar-refractivity contribution >= 4 is 21.8 Å². The van der Waals surface area contributed by atoms with Gasteiger partial charge in [0, 0.05) is 18.7 Å². The molecule has 0 saturated carbocycles. The van der Waals surface area contributed by atoms with Crippen LogP contribution >= 0.6 is 0 Å². The number of carbonyl (C=O) groups excluding carboxylic acids is 1. The molecule has 0 spiro atoms. The quantitative estimate of drug-likeness (QED) is 0.679. The standard InChI is InChI=1S/C19H20N2O6S/c1-21(18-16-6-4-5-7-17(16)28(23,24)20-18)8-9-27-19(22)13-10-14(25-2)12-15(11-13)26-3/h4-7,10-12H,8-9H2,1-3H3. The molecular weight excluding hydrogens is 384 g/mol. The largest absolute Gasteiger partial charge is 0.497 e. The number of esters is 1. The van der Waals surface area contributed by atoms with E-state index in [0.717, 1.165) is 0 Å². The number of ether oxygens (including phenoxy) is 3. The molecule has 9 heteroatoms. The number of fused-ring (bicyclic) bond motifs is 1. The van der Waals surface area contributed by atoms with Crippen molar-refractivity contribution in [3.63, 3.8) is 0 Å². The molecule has 2 aromatic rings. The summed E-state index contributed by atoms with van der Waals surface area (Å²) in [6.45, 7) is 0.325. The third-order valence-electron chi connectivity index (χ3n) is 4.22. The van der Waals surface area contributed by atoms with Gasteiger partial charge in [-0.25, -0.2) is 4.79 Å². The molecular formula is C19H20N2O6S. The molecule has 0 saturated heterocycles. The number of hydrogen-bond donors (Lipinski definition) is 0. The summed E-state index contributed by atoms with van der Waals surface area (Å²) >= 11 is 0. The number of methoxy groups -OCH3 is 2. The Morgan fingerprint density at radius 1 is 1.07 bits per heavy atom. The highest BCUT2D eigenvalue weighted by Crippen LogP contribution is 2.27. The molecule has 0 aliphatic carbocycles. The van der Waals surface area contributed by atoms with Crippen LogP contribution in [0.2, 0.25) is 0 Å². The summed E-state index contributed by atoms with van der Waals surface area (Å²) in [6.07, 6.45) is 0. The second-order valence-corrected chi connectivity index (χ2v) is 7.62. The van der Waals surface area contributed by atoms with E-state index in [1.807, 2.05) is 0 Å². The van der Waals surface area contributed by atoms with Crippen molar-refractivity contribution in [2.24, 2.45) is 4.40 Å². The Balaban J connectivity index is 1.65. The van der Waals surface area contributed by atoms with Gasteiger partial charge < -0.3 is 19.1 Å². The van der Waals surface area contributed by atoms with Crippen molar-refractivity contribution in [3.8, 4) is 11.5 Å². The van der Waals surface area contributed by atoms with Crippen LogP contribution < -0.4 is 9.47 Å². The van der Waals surface area contributed by atoms with Gasteiger partial charge in [0.1, 0.15) is 23.0 Å². The molecule has 0 bridgehead atoms. The number of nitrogens with zero attached hydrogens (tertiary/aromatic N) is 2. The van der Waals surface area contributed by atoms with E-state index in [1.165, 1.54) is 20.3 Å². The minimum atomic E-state index is -3.69. The average molecular weight is 404 g/mol. The fourth-order valence-corrected chi connectivity index (χ4v) is 4.01. The van der Waals surface area contributed by atoms with E-state index < -0.39 is 16.0 Å². The Morgan fingerprint density at radius 3 is 2.36 bits per heavy atom. The van der Waals surface area contributed by atoms with E-state index >= 15 is 0 Å². The van der Waals surface area contributed by atoms with Crippen LogP contribution in [0.5, 0.6) is 11.5 Å². The van der Waals surface area contributed by atoms with Crippen LogP contribution in [0.3, 0.4) is 0 Å². The van der Waals surface area contributed by atoms with Gasteiger partial charge in [0.25, 0.3) is 10.0 Å². The van der Waals surface area contributed by atoms with Gasteiger partial charge in [-0.2, -0.15) is 8.42 Å². The Labute approximate surface area is 163 Å². The lowest BCUT2D eigenvalue weighted by Crippen LogP contribution is -2.30. The molecule has 0 N–H and O–H groups in total. The maximum Gasteiger partial charge on any atom is 0.338 e. The maximum absolute atomic E-state index is 12.3. The van der Waals surface area contributed by atoms with Crippen LogP contribution in [0.25, 0.3) is 0 Å². The van der Waals surface area contributed by atoms with Crippen LogP contribution in [-0.2, 0) is 14.8 Å². The molecule has 0 atom stereocenters. The first kappa shape index (κ1) is 19.7. The molecule has 28 heavy (non-hydrogen) atoms. The molecule has 0 fully saturated rings. The van der Waals surface area contributed by atoms with E-state index in [9.17, 15) is 13.2 Å². The fraction of sp³-hybridized carbons (Fsp3) is 0.263. The fourth-order valence-electron chi connectivity index (χ4n) is 2.75. The lowest BCUT2D eigenvalue weighted by Gasteiger charge is -2.18. The highest BCUT2D eigenvalue weighted by molar-refractivity contribution is 7.90. The van der Waals surface area contributed by atoms with Gasteiger partial charge in [-0.05, 0) is 24.3 Å². The molecule has 8 nitrogen and oxygen atoms in total. The van der Waals surface area contributed by atoms with Crippen molar-refractivity contribution in [2.75, 3.05) is 34.4 Å². The van der Waals surface area contributed by atoms with Gasteiger partial charge in [-0.3, -0.25) is 0 Å². The van der Waals surface area contributed by atoms with Crippen LogP contribution in [0.1, 0.15) is 15.9 Å². The summed E-state index contributed by atoms with van der Waals surface area (Å²) in [6, 6.07) is 11.4. The molecule has 0 amide bonds. The van der Waals surface area contributed by atoms with Crippen molar-refractivity contribution in [2.45, 2.75) is 4.90 Å². The monoisotopic (exact) mass is 404 g/mol. The summed E-state index contributed by atoms with van der Waals surface area (Å²) in [4.78, 5) is 14.1. The lowest BCUT2D eigenvalue weighted by atomic mass is 10.2. The number of rotatable bonds is 6. The highest BCUT2D eigenvalue weighted by atomic mass is 32.2. The van der Waals surface area contributed by atoms with E-state index in [4.69, 9.17) is 14.2 Å². The molecule has 1 aliphatic rings. The molecule has 1 heterocycles. The Bertz CT molecular complexity index is 1010. The summed E-state index contributed by atoms with van der Waals surface area (Å²) in [5.41, 5.74) is 0.832. The number of carbonyl (C=O) groups is 1. The van der Waals surface area contributed by atoms with E-state index in [2.05, 4.69) is 4.40 Å². The van der Waals surface area contributed by atoms with Crippen molar-refractivity contribution in [1.29, 1.82) is 0 Å². The second-order valence-electron chi connectivity index (χ2n) is 6.04. The third-order valence-corrected chi connectivity index (χ3v) is 5.55. The van der Waals surface area contributed by atoms with Gasteiger partial charge >= 0.3 is 5.97 Å². The van der Waals surface area contributed by atoms with Crippen LogP contribution in [0, 0.1) is 0 Å². The van der Waals surface area contributed by atoms with Gasteiger partial charge in [0.2, 0.25) is 0 Å². The molecule has 0 radical (unpaired) electrons. The number of amidine groups is 1.